The van der Waals surface area contributed by atoms with Crippen molar-refractivity contribution >= 4 is 21.7 Å². The fraction of sp³-hybridized carbons (Fsp3) is 0.667. The molecule has 10 heteroatoms. The summed E-state index contributed by atoms with van der Waals surface area (Å²) in [7, 11) is -3.01. The van der Waals surface area contributed by atoms with Crippen molar-refractivity contribution in [1.82, 2.24) is 20.2 Å². The van der Waals surface area contributed by atoms with Gasteiger partial charge in [-0.25, -0.2) is 8.42 Å². The summed E-state index contributed by atoms with van der Waals surface area (Å²) in [6.45, 7) is 1.78. The number of hydrogen-bond acceptors (Lipinski definition) is 7. The van der Waals surface area contributed by atoms with E-state index < -0.39 is 15.8 Å². The summed E-state index contributed by atoms with van der Waals surface area (Å²) in [6, 6.07) is 0. The van der Waals surface area contributed by atoms with E-state index in [-0.39, 0.29) is 35.8 Å². The molecule has 3 rings (SSSR count). The van der Waals surface area contributed by atoms with Crippen molar-refractivity contribution in [2.24, 2.45) is 11.8 Å². The smallest absolute Gasteiger partial charge is 0.227 e. The monoisotopic (exact) mass is 410 g/mol. The fourth-order valence-electron chi connectivity index (χ4n) is 3.48. The third kappa shape index (κ3) is 5.71. The number of ether oxygens (including phenoxy) is 1. The Bertz CT molecular complexity index is 772. The first-order valence-electron chi connectivity index (χ1n) is 9.54. The molecule has 0 aliphatic carbocycles. The molecule has 1 unspecified atom stereocenters. The van der Waals surface area contributed by atoms with E-state index in [1.54, 1.807) is 23.5 Å². The van der Waals surface area contributed by atoms with Gasteiger partial charge in [0.05, 0.1) is 36.3 Å². The molecule has 28 heavy (non-hydrogen) atoms. The van der Waals surface area contributed by atoms with Crippen LogP contribution in [0.15, 0.2) is 18.6 Å². The molecule has 0 spiro atoms. The molecule has 3 heterocycles. The van der Waals surface area contributed by atoms with Gasteiger partial charge >= 0.3 is 0 Å². The van der Waals surface area contributed by atoms with Crippen molar-refractivity contribution in [3.05, 3.63) is 24.3 Å². The Morgan fingerprint density at radius 3 is 2.71 bits per heavy atom. The molecule has 2 aliphatic heterocycles. The van der Waals surface area contributed by atoms with Gasteiger partial charge in [-0.3, -0.25) is 19.6 Å². The van der Waals surface area contributed by atoms with Gasteiger partial charge in [0.2, 0.25) is 11.8 Å². The van der Waals surface area contributed by atoms with Gasteiger partial charge in [-0.2, -0.15) is 0 Å². The Kier molecular flexibility index (Phi) is 6.95. The molecule has 1 N–H and O–H groups in total. The molecule has 154 valence electrons. The second-order valence-electron chi connectivity index (χ2n) is 7.22. The van der Waals surface area contributed by atoms with Gasteiger partial charge in [0.25, 0.3) is 0 Å². The van der Waals surface area contributed by atoms with Crippen molar-refractivity contribution in [3.8, 4) is 0 Å². The molecule has 1 aromatic rings. The van der Waals surface area contributed by atoms with Gasteiger partial charge in [0, 0.05) is 50.6 Å². The van der Waals surface area contributed by atoms with Crippen LogP contribution in [0.4, 0.5) is 0 Å². The van der Waals surface area contributed by atoms with Gasteiger partial charge in [-0.1, -0.05) is 0 Å². The summed E-state index contributed by atoms with van der Waals surface area (Å²) in [5.41, 5.74) is 0.795. The zero-order valence-corrected chi connectivity index (χ0v) is 16.6. The van der Waals surface area contributed by atoms with Crippen LogP contribution in [0.5, 0.6) is 0 Å². The van der Waals surface area contributed by atoms with E-state index >= 15 is 0 Å². The van der Waals surface area contributed by atoms with Crippen molar-refractivity contribution in [1.29, 1.82) is 0 Å². The van der Waals surface area contributed by atoms with E-state index in [0.29, 0.717) is 45.5 Å². The SMILES string of the molecule is O=C(NCCc1cnccn1)C1COCCN(C(=O)C2CCS(=O)(=O)CC2)C1. The van der Waals surface area contributed by atoms with Crippen LogP contribution in [0.25, 0.3) is 0 Å². The van der Waals surface area contributed by atoms with Gasteiger partial charge in [0.15, 0.2) is 0 Å². The summed E-state index contributed by atoms with van der Waals surface area (Å²) in [6.07, 6.45) is 6.15. The molecule has 0 radical (unpaired) electrons. The van der Waals surface area contributed by atoms with E-state index in [9.17, 15) is 18.0 Å². The molecule has 1 atom stereocenters. The Labute approximate surface area is 164 Å². The fourth-order valence-corrected chi connectivity index (χ4v) is 4.97. The lowest BCUT2D eigenvalue weighted by molar-refractivity contribution is -0.137. The van der Waals surface area contributed by atoms with Crippen LogP contribution in [0.3, 0.4) is 0 Å². The molecule has 1 aromatic heterocycles. The summed E-state index contributed by atoms with van der Waals surface area (Å²) in [5.74, 6) is -0.852. The lowest BCUT2D eigenvalue weighted by Crippen LogP contribution is -2.45. The molecule has 9 nitrogen and oxygen atoms in total. The predicted octanol–water partition coefficient (Wildman–Crippen LogP) is -0.565. The van der Waals surface area contributed by atoms with Crippen LogP contribution in [-0.2, 0) is 30.6 Å². The van der Waals surface area contributed by atoms with Crippen molar-refractivity contribution in [3.63, 3.8) is 0 Å². The molecular formula is C18H26N4O5S. The summed E-state index contributed by atoms with van der Waals surface area (Å²) >= 11 is 0. The first-order chi connectivity index (χ1) is 13.4. The number of rotatable bonds is 5. The second-order valence-corrected chi connectivity index (χ2v) is 9.52. The second kappa shape index (κ2) is 9.42. The maximum Gasteiger partial charge on any atom is 0.227 e. The average molecular weight is 410 g/mol. The minimum atomic E-state index is -3.01. The zero-order chi connectivity index (χ0) is 20.0. The van der Waals surface area contributed by atoms with E-state index in [0.717, 1.165) is 5.69 Å². The average Bonchev–Trinajstić information content (AvgIpc) is 2.95. The van der Waals surface area contributed by atoms with Crippen LogP contribution in [0.1, 0.15) is 18.5 Å². The summed E-state index contributed by atoms with van der Waals surface area (Å²) in [5, 5.41) is 2.87. The molecule has 2 aliphatic rings. The van der Waals surface area contributed by atoms with E-state index in [1.165, 1.54) is 0 Å². The van der Waals surface area contributed by atoms with Gasteiger partial charge < -0.3 is 15.0 Å². The number of sulfone groups is 1. The number of carbonyl (C=O) groups excluding carboxylic acids is 2. The molecule has 2 amide bonds. The molecule has 2 saturated heterocycles. The van der Waals surface area contributed by atoms with Gasteiger partial charge in [-0.15, -0.1) is 0 Å². The highest BCUT2D eigenvalue weighted by molar-refractivity contribution is 7.91. The maximum atomic E-state index is 12.8. The first kappa shape index (κ1) is 20.7. The number of aromatic nitrogens is 2. The minimum absolute atomic E-state index is 0.0556. The topological polar surface area (TPSA) is 119 Å². The summed E-state index contributed by atoms with van der Waals surface area (Å²) in [4.78, 5) is 35.2. The molecule has 0 bridgehead atoms. The minimum Gasteiger partial charge on any atom is -0.379 e. The highest BCUT2D eigenvalue weighted by atomic mass is 32.2. The zero-order valence-electron chi connectivity index (χ0n) is 15.7. The highest BCUT2D eigenvalue weighted by Gasteiger charge is 2.34. The van der Waals surface area contributed by atoms with Crippen LogP contribution in [0.2, 0.25) is 0 Å². The van der Waals surface area contributed by atoms with Crippen molar-refractivity contribution < 1.29 is 22.7 Å². The third-order valence-electron chi connectivity index (χ3n) is 5.15. The molecule has 2 fully saturated rings. The number of carbonyl (C=O) groups is 2. The van der Waals surface area contributed by atoms with Gasteiger partial charge in [-0.05, 0) is 12.8 Å². The third-order valence-corrected chi connectivity index (χ3v) is 6.86. The highest BCUT2D eigenvalue weighted by Crippen LogP contribution is 2.22. The van der Waals surface area contributed by atoms with Crippen molar-refractivity contribution in [2.75, 3.05) is 44.4 Å². The largest absolute Gasteiger partial charge is 0.379 e. The number of nitrogens with one attached hydrogen (secondary N) is 1. The predicted molar refractivity (Wildman–Crippen MR) is 101 cm³/mol. The van der Waals surface area contributed by atoms with Gasteiger partial charge in [0.1, 0.15) is 9.84 Å². The Balaban J connectivity index is 1.51. The Morgan fingerprint density at radius 1 is 1.21 bits per heavy atom. The van der Waals surface area contributed by atoms with E-state index in [1.807, 2.05) is 0 Å². The standard InChI is InChI=1S/C18H26N4O5S/c23-17(21-4-1-16-11-19-5-6-20-16)15-12-22(7-8-27-13-15)18(24)14-2-9-28(25,26)10-3-14/h5-6,11,14-15H,1-4,7-10,12-13H2,(H,21,23). The molecule has 0 saturated carbocycles. The lowest BCUT2D eigenvalue weighted by atomic mass is 10.00. The Morgan fingerprint density at radius 2 is 2.00 bits per heavy atom. The Hall–Kier alpha value is -2.07. The molecular weight excluding hydrogens is 384 g/mol. The number of hydrogen-bond donors (Lipinski definition) is 1. The maximum absolute atomic E-state index is 12.8. The quantitative estimate of drug-likeness (QED) is 0.691. The van der Waals surface area contributed by atoms with Crippen LogP contribution in [0, 0.1) is 11.8 Å². The van der Waals surface area contributed by atoms with Crippen LogP contribution in [-0.4, -0.2) is 79.5 Å². The van der Waals surface area contributed by atoms with Crippen molar-refractivity contribution in [2.45, 2.75) is 19.3 Å². The molecule has 0 aromatic carbocycles. The van der Waals surface area contributed by atoms with E-state index in [2.05, 4.69) is 15.3 Å². The summed E-state index contributed by atoms with van der Waals surface area (Å²) < 4.78 is 28.7. The lowest BCUT2D eigenvalue weighted by Gasteiger charge is -2.29. The van der Waals surface area contributed by atoms with E-state index in [4.69, 9.17) is 4.74 Å². The normalized spacial score (nSPS) is 23.0. The first-order valence-corrected chi connectivity index (χ1v) is 11.4. The van der Waals surface area contributed by atoms with Crippen LogP contribution >= 0.6 is 0 Å². The van der Waals surface area contributed by atoms with Crippen LogP contribution < -0.4 is 5.32 Å². The number of amides is 2. The number of nitrogens with zero attached hydrogens (tertiary/aromatic N) is 3.